The highest BCUT2D eigenvalue weighted by Crippen LogP contribution is 2.01. The molecule has 0 saturated heterocycles. The topological polar surface area (TPSA) is 18.5 Å². The Morgan fingerprint density at radius 1 is 0.867 bits per heavy atom. The first-order valence-corrected chi connectivity index (χ1v) is 6.97. The molecule has 0 N–H and O–H groups in total. The zero-order valence-electron chi connectivity index (χ0n) is 9.94. The molecule has 0 aliphatic carbocycles. The molecule has 84 valence electrons. The van der Waals surface area contributed by atoms with Gasteiger partial charge in [-0.05, 0) is 32.9 Å². The second-order valence-electron chi connectivity index (χ2n) is 4.11. The van der Waals surface area contributed by atoms with E-state index in [1.807, 2.05) is 45.9 Å². The van der Waals surface area contributed by atoms with Crippen LogP contribution in [0.3, 0.4) is 0 Å². The van der Waals surface area contributed by atoms with Crippen molar-refractivity contribution in [1.82, 2.24) is 0 Å². The van der Waals surface area contributed by atoms with Crippen LogP contribution in [0.15, 0.2) is 30.3 Å². The molecule has 0 bridgehead atoms. The second-order valence-corrected chi connectivity index (χ2v) is 5.99. The summed E-state index contributed by atoms with van der Waals surface area (Å²) in [5, 5.41) is 1.21. The van der Waals surface area contributed by atoms with E-state index < -0.39 is 9.28 Å². The molecule has 0 saturated carbocycles. The van der Waals surface area contributed by atoms with Crippen LogP contribution in [0.2, 0.25) is 0 Å². The van der Waals surface area contributed by atoms with Gasteiger partial charge in [-0.2, -0.15) is 0 Å². The van der Waals surface area contributed by atoms with E-state index in [9.17, 15) is 0 Å². The van der Waals surface area contributed by atoms with Gasteiger partial charge in [0.25, 0.3) is 0 Å². The molecule has 1 rings (SSSR count). The number of benzene rings is 1. The molecule has 0 aromatic heterocycles. The first-order chi connectivity index (χ1) is 7.09. The van der Waals surface area contributed by atoms with E-state index in [1.54, 1.807) is 0 Å². The summed E-state index contributed by atoms with van der Waals surface area (Å²) in [6.45, 7) is 8.19. The highest BCUT2D eigenvalue weighted by molar-refractivity contribution is 6.61. The quantitative estimate of drug-likeness (QED) is 0.712. The molecular formula is C12H20O2Si. The van der Waals surface area contributed by atoms with E-state index in [0.717, 1.165) is 0 Å². The van der Waals surface area contributed by atoms with Crippen LogP contribution in [0.1, 0.15) is 27.7 Å². The maximum atomic E-state index is 5.86. The Bertz CT molecular complexity index is 262. The lowest BCUT2D eigenvalue weighted by atomic mass is 10.4. The van der Waals surface area contributed by atoms with Crippen LogP contribution in [0.25, 0.3) is 0 Å². The first kappa shape index (κ1) is 12.4. The third kappa shape index (κ3) is 4.60. The molecule has 1 aromatic carbocycles. The summed E-state index contributed by atoms with van der Waals surface area (Å²) in [6, 6.07) is 10.2. The highest BCUT2D eigenvalue weighted by atomic mass is 28.3. The Kier molecular flexibility index (Phi) is 5.01. The smallest absolute Gasteiger partial charge is 0.356 e. The fourth-order valence-corrected chi connectivity index (χ4v) is 3.20. The van der Waals surface area contributed by atoms with Crippen molar-refractivity contribution in [3.8, 4) is 0 Å². The van der Waals surface area contributed by atoms with Crippen LogP contribution >= 0.6 is 0 Å². The average molecular weight is 224 g/mol. The van der Waals surface area contributed by atoms with Gasteiger partial charge in [0.05, 0.1) is 0 Å². The molecule has 0 radical (unpaired) electrons. The predicted octanol–water partition coefficient (Wildman–Crippen LogP) is 1.96. The molecule has 0 aliphatic heterocycles. The van der Waals surface area contributed by atoms with Gasteiger partial charge in [-0.25, -0.2) is 0 Å². The Morgan fingerprint density at radius 2 is 1.33 bits per heavy atom. The summed E-state index contributed by atoms with van der Waals surface area (Å²) in [5.41, 5.74) is 0. The standard InChI is InChI=1S/C12H20O2Si/c1-10(2)13-15(14-11(3)4)12-8-6-5-7-9-12/h5-11,15H,1-4H3. The molecular weight excluding hydrogens is 204 g/mol. The van der Waals surface area contributed by atoms with Crippen molar-refractivity contribution in [3.63, 3.8) is 0 Å². The normalized spacial score (nSPS) is 11.7. The third-order valence-electron chi connectivity index (χ3n) is 1.86. The van der Waals surface area contributed by atoms with E-state index in [0.29, 0.717) is 0 Å². The van der Waals surface area contributed by atoms with Gasteiger partial charge >= 0.3 is 9.28 Å². The van der Waals surface area contributed by atoms with Crippen molar-refractivity contribution in [2.45, 2.75) is 39.9 Å². The molecule has 0 fully saturated rings. The zero-order valence-corrected chi connectivity index (χ0v) is 11.1. The lowest BCUT2D eigenvalue weighted by Gasteiger charge is -2.21. The minimum atomic E-state index is -1.71. The van der Waals surface area contributed by atoms with Crippen LogP contribution in [-0.2, 0) is 8.85 Å². The summed E-state index contributed by atoms with van der Waals surface area (Å²) in [6.07, 6.45) is 0.446. The van der Waals surface area contributed by atoms with Gasteiger partial charge in [-0.15, -0.1) is 0 Å². The van der Waals surface area contributed by atoms with Crippen molar-refractivity contribution in [3.05, 3.63) is 30.3 Å². The summed E-state index contributed by atoms with van der Waals surface area (Å²) in [4.78, 5) is 0. The van der Waals surface area contributed by atoms with Crippen molar-refractivity contribution in [2.75, 3.05) is 0 Å². The summed E-state index contributed by atoms with van der Waals surface area (Å²) in [7, 11) is -1.71. The lowest BCUT2D eigenvalue weighted by molar-refractivity contribution is 0.139. The Labute approximate surface area is 94.1 Å². The molecule has 2 nitrogen and oxygen atoms in total. The second kappa shape index (κ2) is 6.05. The van der Waals surface area contributed by atoms with Crippen molar-refractivity contribution in [1.29, 1.82) is 0 Å². The van der Waals surface area contributed by atoms with Crippen molar-refractivity contribution >= 4 is 14.5 Å². The minimum Gasteiger partial charge on any atom is -0.391 e. The molecule has 1 aromatic rings. The van der Waals surface area contributed by atoms with Gasteiger partial charge in [0.15, 0.2) is 0 Å². The van der Waals surface area contributed by atoms with Gasteiger partial charge in [0.2, 0.25) is 0 Å². The van der Waals surface area contributed by atoms with Gasteiger partial charge < -0.3 is 8.85 Å². The SMILES string of the molecule is CC(C)O[SiH](OC(C)C)c1ccccc1. The molecule has 0 heterocycles. The number of hydrogen-bond donors (Lipinski definition) is 0. The van der Waals surface area contributed by atoms with E-state index in [-0.39, 0.29) is 12.2 Å². The van der Waals surface area contributed by atoms with E-state index in [4.69, 9.17) is 8.85 Å². The summed E-state index contributed by atoms with van der Waals surface area (Å²) >= 11 is 0. The Hall–Kier alpha value is -0.643. The van der Waals surface area contributed by atoms with Gasteiger partial charge in [-0.3, -0.25) is 0 Å². The fourth-order valence-electron chi connectivity index (χ4n) is 1.29. The van der Waals surface area contributed by atoms with Crippen LogP contribution in [0, 0.1) is 0 Å². The molecule has 0 aliphatic rings. The first-order valence-electron chi connectivity index (χ1n) is 5.45. The van der Waals surface area contributed by atoms with E-state index in [1.165, 1.54) is 5.19 Å². The molecule has 0 spiro atoms. The molecule has 0 amide bonds. The maximum Gasteiger partial charge on any atom is 0.356 e. The zero-order chi connectivity index (χ0) is 11.3. The molecule has 15 heavy (non-hydrogen) atoms. The lowest BCUT2D eigenvalue weighted by Crippen LogP contribution is -2.40. The highest BCUT2D eigenvalue weighted by Gasteiger charge is 2.19. The minimum absolute atomic E-state index is 0.223. The van der Waals surface area contributed by atoms with Crippen LogP contribution < -0.4 is 5.19 Å². The van der Waals surface area contributed by atoms with Gasteiger partial charge in [0, 0.05) is 12.2 Å². The molecule has 0 atom stereocenters. The largest absolute Gasteiger partial charge is 0.391 e. The van der Waals surface area contributed by atoms with Crippen LogP contribution in [-0.4, -0.2) is 21.5 Å². The molecule has 3 heteroatoms. The Morgan fingerprint density at radius 3 is 1.73 bits per heavy atom. The predicted molar refractivity (Wildman–Crippen MR) is 65.7 cm³/mol. The van der Waals surface area contributed by atoms with E-state index >= 15 is 0 Å². The van der Waals surface area contributed by atoms with Crippen molar-refractivity contribution < 1.29 is 8.85 Å². The summed E-state index contributed by atoms with van der Waals surface area (Å²) in [5.74, 6) is 0. The van der Waals surface area contributed by atoms with Gasteiger partial charge in [-0.1, -0.05) is 30.3 Å². The third-order valence-corrected chi connectivity index (χ3v) is 4.38. The van der Waals surface area contributed by atoms with Gasteiger partial charge in [0.1, 0.15) is 0 Å². The van der Waals surface area contributed by atoms with Crippen molar-refractivity contribution in [2.24, 2.45) is 0 Å². The monoisotopic (exact) mass is 224 g/mol. The number of rotatable bonds is 5. The number of hydrogen-bond acceptors (Lipinski definition) is 2. The molecule has 0 unspecified atom stereocenters. The van der Waals surface area contributed by atoms with E-state index in [2.05, 4.69) is 12.1 Å². The Balaban J connectivity index is 2.72. The van der Waals surface area contributed by atoms with Crippen LogP contribution in [0.4, 0.5) is 0 Å². The van der Waals surface area contributed by atoms with Crippen LogP contribution in [0.5, 0.6) is 0 Å². The maximum absolute atomic E-state index is 5.86. The average Bonchev–Trinajstić information content (AvgIpc) is 2.17. The summed E-state index contributed by atoms with van der Waals surface area (Å²) < 4.78 is 11.7. The fraction of sp³-hybridized carbons (Fsp3) is 0.500.